The van der Waals surface area contributed by atoms with Gasteiger partial charge < -0.3 is 19.9 Å². The maximum atomic E-state index is 5.70. The van der Waals surface area contributed by atoms with Gasteiger partial charge in [0.05, 0.1) is 12.8 Å². The molecular weight excluding hydrogens is 234 g/mol. The fraction of sp³-hybridized carbons (Fsp3) is 0.667. The monoisotopic (exact) mass is 253 g/mol. The summed E-state index contributed by atoms with van der Waals surface area (Å²) in [5, 5.41) is 0. The Morgan fingerprint density at radius 1 is 1.44 bits per heavy atom. The maximum Gasteiger partial charge on any atom is 0.240 e. The van der Waals surface area contributed by atoms with Gasteiger partial charge in [0, 0.05) is 6.61 Å². The van der Waals surface area contributed by atoms with Gasteiger partial charge in [-0.05, 0) is 26.2 Å². The van der Waals surface area contributed by atoms with Crippen LogP contribution in [0.2, 0.25) is 0 Å². The highest BCUT2D eigenvalue weighted by Gasteiger charge is 2.13. The number of hydrogen-bond donors (Lipinski definition) is 1. The largest absolute Gasteiger partial charge is 0.474 e. The third-order valence-corrected chi connectivity index (χ3v) is 2.66. The SMILES string of the molecule is Cc1ncc(N)c(OCCOC2CCCCO2)n1. The summed E-state index contributed by atoms with van der Waals surface area (Å²) in [7, 11) is 0. The van der Waals surface area contributed by atoms with Gasteiger partial charge in [0.1, 0.15) is 18.1 Å². The summed E-state index contributed by atoms with van der Waals surface area (Å²) in [5.41, 5.74) is 6.14. The number of nitrogens with two attached hydrogens (primary N) is 1. The molecule has 6 nitrogen and oxygen atoms in total. The zero-order chi connectivity index (χ0) is 12.8. The number of aromatic nitrogens is 2. The van der Waals surface area contributed by atoms with Crippen LogP contribution in [0.25, 0.3) is 0 Å². The first-order chi connectivity index (χ1) is 8.75. The number of aryl methyl sites for hydroxylation is 1. The van der Waals surface area contributed by atoms with Crippen LogP contribution in [-0.2, 0) is 9.47 Å². The Hall–Kier alpha value is -1.40. The minimum atomic E-state index is -0.0909. The molecule has 1 unspecified atom stereocenters. The smallest absolute Gasteiger partial charge is 0.240 e. The summed E-state index contributed by atoms with van der Waals surface area (Å²) in [6, 6.07) is 0. The van der Waals surface area contributed by atoms with E-state index in [2.05, 4.69) is 9.97 Å². The molecule has 0 aromatic carbocycles. The van der Waals surface area contributed by atoms with Crippen LogP contribution in [0, 0.1) is 6.92 Å². The van der Waals surface area contributed by atoms with Crippen molar-refractivity contribution < 1.29 is 14.2 Å². The van der Waals surface area contributed by atoms with Crippen molar-refractivity contribution in [2.24, 2.45) is 0 Å². The van der Waals surface area contributed by atoms with Crippen LogP contribution in [0.3, 0.4) is 0 Å². The van der Waals surface area contributed by atoms with Gasteiger partial charge in [0.25, 0.3) is 0 Å². The van der Waals surface area contributed by atoms with E-state index in [0.29, 0.717) is 30.6 Å². The standard InChI is InChI=1S/C12H19N3O3/c1-9-14-8-10(13)12(15-9)18-7-6-17-11-4-2-3-5-16-11/h8,11H,2-7,13H2,1H3. The molecule has 1 atom stereocenters. The Balaban J connectivity index is 1.69. The van der Waals surface area contributed by atoms with Gasteiger partial charge in [-0.15, -0.1) is 0 Å². The molecule has 2 heterocycles. The van der Waals surface area contributed by atoms with Gasteiger partial charge in [-0.25, -0.2) is 4.98 Å². The van der Waals surface area contributed by atoms with Crippen molar-refractivity contribution >= 4 is 5.69 Å². The van der Waals surface area contributed by atoms with Gasteiger partial charge in [-0.1, -0.05) is 0 Å². The first-order valence-corrected chi connectivity index (χ1v) is 6.21. The van der Waals surface area contributed by atoms with Crippen LogP contribution >= 0.6 is 0 Å². The lowest BCUT2D eigenvalue weighted by Crippen LogP contribution is -2.24. The van der Waals surface area contributed by atoms with Crippen molar-refractivity contribution in [2.75, 3.05) is 25.6 Å². The first kappa shape index (κ1) is 13.0. The summed E-state index contributed by atoms with van der Waals surface area (Å²) in [4.78, 5) is 8.09. The average molecular weight is 253 g/mol. The molecule has 0 saturated carbocycles. The van der Waals surface area contributed by atoms with Crippen LogP contribution in [0.15, 0.2) is 6.20 Å². The minimum absolute atomic E-state index is 0.0909. The lowest BCUT2D eigenvalue weighted by atomic mass is 10.2. The second kappa shape index (κ2) is 6.51. The Kier molecular flexibility index (Phi) is 4.72. The van der Waals surface area contributed by atoms with Crippen molar-refractivity contribution in [2.45, 2.75) is 32.5 Å². The van der Waals surface area contributed by atoms with E-state index in [4.69, 9.17) is 19.9 Å². The van der Waals surface area contributed by atoms with E-state index in [9.17, 15) is 0 Å². The number of nitrogens with zero attached hydrogens (tertiary/aromatic N) is 2. The van der Waals surface area contributed by atoms with Crippen LogP contribution in [-0.4, -0.2) is 36.1 Å². The summed E-state index contributed by atoms with van der Waals surface area (Å²) in [6.45, 7) is 3.44. The number of rotatable bonds is 5. The van der Waals surface area contributed by atoms with Crippen LogP contribution < -0.4 is 10.5 Å². The highest BCUT2D eigenvalue weighted by Crippen LogP contribution is 2.16. The van der Waals surface area contributed by atoms with E-state index >= 15 is 0 Å². The molecule has 0 amide bonds. The molecule has 1 aromatic heterocycles. The molecule has 18 heavy (non-hydrogen) atoms. The number of nitrogen functional groups attached to an aromatic ring is 1. The molecule has 100 valence electrons. The Labute approximate surface area is 106 Å². The predicted octanol–water partition coefficient (Wildman–Crippen LogP) is 1.29. The van der Waals surface area contributed by atoms with Crippen molar-refractivity contribution in [1.29, 1.82) is 0 Å². The fourth-order valence-electron chi connectivity index (χ4n) is 1.73. The molecule has 0 radical (unpaired) electrons. The Morgan fingerprint density at radius 2 is 2.33 bits per heavy atom. The highest BCUT2D eigenvalue weighted by molar-refractivity contribution is 5.45. The normalized spacial score (nSPS) is 19.7. The minimum Gasteiger partial charge on any atom is -0.474 e. The zero-order valence-corrected chi connectivity index (χ0v) is 10.6. The fourth-order valence-corrected chi connectivity index (χ4v) is 1.73. The van der Waals surface area contributed by atoms with E-state index in [1.807, 2.05) is 0 Å². The first-order valence-electron chi connectivity index (χ1n) is 6.21. The molecule has 1 saturated heterocycles. The molecule has 0 bridgehead atoms. The molecule has 2 N–H and O–H groups in total. The van der Waals surface area contributed by atoms with Crippen LogP contribution in [0.1, 0.15) is 25.1 Å². The summed E-state index contributed by atoms with van der Waals surface area (Å²) in [5.74, 6) is 1.05. The van der Waals surface area contributed by atoms with Crippen molar-refractivity contribution in [1.82, 2.24) is 9.97 Å². The van der Waals surface area contributed by atoms with Gasteiger partial charge in [-0.2, -0.15) is 4.98 Å². The number of anilines is 1. The molecule has 1 fully saturated rings. The molecule has 0 aliphatic carbocycles. The van der Waals surface area contributed by atoms with Crippen molar-refractivity contribution in [3.05, 3.63) is 12.0 Å². The Bertz CT molecular complexity index is 381. The molecule has 1 aromatic rings. The Morgan fingerprint density at radius 3 is 3.11 bits per heavy atom. The van der Waals surface area contributed by atoms with E-state index in [-0.39, 0.29) is 6.29 Å². The second-order valence-corrected chi connectivity index (χ2v) is 4.19. The topological polar surface area (TPSA) is 79.5 Å². The quantitative estimate of drug-likeness (QED) is 0.796. The van der Waals surface area contributed by atoms with E-state index in [1.54, 1.807) is 13.1 Å². The third kappa shape index (κ3) is 3.82. The summed E-state index contributed by atoms with van der Waals surface area (Å²) < 4.78 is 16.4. The summed E-state index contributed by atoms with van der Waals surface area (Å²) in [6.07, 6.45) is 4.68. The average Bonchev–Trinajstić information content (AvgIpc) is 2.40. The molecule has 1 aliphatic heterocycles. The highest BCUT2D eigenvalue weighted by atomic mass is 16.7. The van der Waals surface area contributed by atoms with Crippen molar-refractivity contribution in [3.8, 4) is 5.88 Å². The van der Waals surface area contributed by atoms with E-state index in [0.717, 1.165) is 25.9 Å². The van der Waals surface area contributed by atoms with Gasteiger partial charge >= 0.3 is 0 Å². The van der Waals surface area contributed by atoms with Crippen LogP contribution in [0.4, 0.5) is 5.69 Å². The molecule has 2 rings (SSSR count). The number of hydrogen-bond acceptors (Lipinski definition) is 6. The second-order valence-electron chi connectivity index (χ2n) is 4.19. The van der Waals surface area contributed by atoms with Crippen LogP contribution in [0.5, 0.6) is 5.88 Å². The lowest BCUT2D eigenvalue weighted by Gasteiger charge is -2.22. The lowest BCUT2D eigenvalue weighted by molar-refractivity contribution is -0.165. The molecular formula is C12H19N3O3. The predicted molar refractivity (Wildman–Crippen MR) is 66.2 cm³/mol. The maximum absolute atomic E-state index is 5.70. The zero-order valence-electron chi connectivity index (χ0n) is 10.6. The van der Waals surface area contributed by atoms with Gasteiger partial charge in [-0.3, -0.25) is 0 Å². The van der Waals surface area contributed by atoms with Gasteiger partial charge in [0.2, 0.25) is 5.88 Å². The molecule has 0 spiro atoms. The van der Waals surface area contributed by atoms with Gasteiger partial charge in [0.15, 0.2) is 6.29 Å². The molecule has 1 aliphatic rings. The van der Waals surface area contributed by atoms with Crippen molar-refractivity contribution in [3.63, 3.8) is 0 Å². The summed E-state index contributed by atoms with van der Waals surface area (Å²) >= 11 is 0. The third-order valence-electron chi connectivity index (χ3n) is 2.66. The van der Waals surface area contributed by atoms with E-state index in [1.165, 1.54) is 0 Å². The van der Waals surface area contributed by atoms with E-state index < -0.39 is 0 Å². The molecule has 6 heteroatoms. The number of ether oxygens (including phenoxy) is 3.